The molecule has 2 amide bonds. The summed E-state index contributed by atoms with van der Waals surface area (Å²) in [6.07, 6.45) is 0.437. The van der Waals surface area contributed by atoms with Gasteiger partial charge in [0.25, 0.3) is 11.8 Å². The molecule has 2 saturated heterocycles. The predicted molar refractivity (Wildman–Crippen MR) is 230 cm³/mol. The summed E-state index contributed by atoms with van der Waals surface area (Å²) in [6.45, 7) is 14.0. The number of fused-ring (bicyclic) bond motifs is 2. The number of allylic oxidation sites excluding steroid dienone is 3. The van der Waals surface area contributed by atoms with Crippen molar-refractivity contribution in [3.8, 4) is 0 Å². The Morgan fingerprint density at radius 1 is 0.774 bits per heavy atom. The van der Waals surface area contributed by atoms with Gasteiger partial charge in [0.1, 0.15) is 36.6 Å². The third kappa shape index (κ3) is 10.4. The van der Waals surface area contributed by atoms with E-state index in [-0.39, 0.29) is 25.8 Å². The topological polar surface area (TPSA) is 313 Å². The van der Waals surface area contributed by atoms with Gasteiger partial charge in [-0.2, -0.15) is 0 Å². The summed E-state index contributed by atoms with van der Waals surface area (Å²) in [7, 11) is 3.28. The average Bonchev–Trinajstić information content (AvgIpc) is 4.05. The number of aliphatic hydroxyl groups excluding tert-OH is 6. The number of nitrogens with one attached hydrogen (secondary N) is 4. The van der Waals surface area contributed by atoms with Crippen LogP contribution in [-0.2, 0) is 9.47 Å². The molecule has 62 heavy (non-hydrogen) atoms. The van der Waals surface area contributed by atoms with Crippen LogP contribution in [0.5, 0.6) is 0 Å². The number of rotatable bonds is 19. The van der Waals surface area contributed by atoms with Crippen molar-refractivity contribution >= 4 is 45.8 Å². The number of hydrogen-bond acceptors (Lipinski definition) is 19. The lowest BCUT2D eigenvalue weighted by Crippen LogP contribution is -2.36. The van der Waals surface area contributed by atoms with Crippen LogP contribution >= 0.6 is 0 Å². The SMILES string of the molecule is C=C/C=C(\C=C)CCNC(=O)c1nc(NC)c2ncn([C@@H]3O[C@H](CO)[C@@H](O)[C@H]3O)c2n1.CCCN(CC)CCNC(=O)c1nc(NC)c2ncn([C@@H]3O[C@H](CO)[C@@H](O)[C@H]3O)c2n1.[HH].[HH]. The number of ether oxygens (including phenoxy) is 2. The number of nitrogens with zero attached hydrogens (tertiary/aromatic N) is 9. The van der Waals surface area contributed by atoms with Crippen LogP contribution in [-0.4, -0.2) is 183 Å². The van der Waals surface area contributed by atoms with E-state index in [0.29, 0.717) is 42.2 Å². The fraction of sp³-hybridized carbons (Fsp3) is 0.538. The Hall–Kier alpha value is -5.50. The molecule has 6 rings (SSSR count). The van der Waals surface area contributed by atoms with E-state index in [9.17, 15) is 40.2 Å². The fourth-order valence-electron chi connectivity index (χ4n) is 6.93. The number of imidazole rings is 2. The van der Waals surface area contributed by atoms with Crippen molar-refractivity contribution < 1.29 is 52.6 Å². The third-order valence-electron chi connectivity index (χ3n) is 10.3. The molecule has 8 atom stereocenters. The Labute approximate surface area is 360 Å². The van der Waals surface area contributed by atoms with Gasteiger partial charge in [-0.3, -0.25) is 18.7 Å². The Morgan fingerprint density at radius 3 is 1.65 bits per heavy atom. The first-order valence-corrected chi connectivity index (χ1v) is 20.2. The smallest absolute Gasteiger partial charge is 0.289 e. The molecule has 4 aromatic rings. The first-order valence-electron chi connectivity index (χ1n) is 20.2. The number of likely N-dealkylation sites (N-methyl/N-ethyl adjacent to an activating group) is 1. The molecule has 0 saturated carbocycles. The first-order chi connectivity index (χ1) is 29.9. The van der Waals surface area contributed by atoms with Crippen molar-refractivity contribution in [2.24, 2.45) is 0 Å². The van der Waals surface area contributed by atoms with Crippen LogP contribution in [0.2, 0.25) is 0 Å². The van der Waals surface area contributed by atoms with Gasteiger partial charge in [-0.1, -0.05) is 45.2 Å². The van der Waals surface area contributed by atoms with Gasteiger partial charge in [0.15, 0.2) is 46.4 Å². The number of aromatic nitrogens is 8. The van der Waals surface area contributed by atoms with Gasteiger partial charge >= 0.3 is 0 Å². The molecule has 342 valence electrons. The van der Waals surface area contributed by atoms with Crippen LogP contribution in [0.25, 0.3) is 22.3 Å². The van der Waals surface area contributed by atoms with Gasteiger partial charge in [-0.05, 0) is 31.5 Å². The number of aliphatic hydroxyl groups is 6. The van der Waals surface area contributed by atoms with Gasteiger partial charge in [0.05, 0.1) is 25.9 Å². The van der Waals surface area contributed by atoms with E-state index in [4.69, 9.17) is 9.47 Å². The molecule has 10 N–H and O–H groups in total. The number of amides is 2. The molecular weight excluding hydrogens is 811 g/mol. The zero-order valence-electron chi connectivity index (χ0n) is 35.1. The van der Waals surface area contributed by atoms with Crippen LogP contribution < -0.4 is 21.3 Å². The molecule has 23 heteroatoms. The molecule has 2 aliphatic rings. The Bertz CT molecular complexity index is 2210. The van der Waals surface area contributed by atoms with Crippen molar-refractivity contribution in [2.75, 3.05) is 70.7 Å². The van der Waals surface area contributed by atoms with Crippen LogP contribution in [0.4, 0.5) is 11.6 Å². The van der Waals surface area contributed by atoms with E-state index < -0.39 is 74.1 Å². The quantitative estimate of drug-likeness (QED) is 0.0523. The molecule has 6 heterocycles. The summed E-state index contributed by atoms with van der Waals surface area (Å²) in [6, 6.07) is 0. The molecule has 0 bridgehead atoms. The largest absolute Gasteiger partial charge is 0.394 e. The maximum absolute atomic E-state index is 12.7. The van der Waals surface area contributed by atoms with Crippen molar-refractivity contribution in [2.45, 2.75) is 75.8 Å². The number of anilines is 2. The van der Waals surface area contributed by atoms with E-state index in [0.717, 1.165) is 31.6 Å². The van der Waals surface area contributed by atoms with E-state index in [1.54, 1.807) is 32.3 Å². The summed E-state index contributed by atoms with van der Waals surface area (Å²) in [5.41, 5.74) is 2.17. The van der Waals surface area contributed by atoms with E-state index in [2.05, 4.69) is 83.1 Å². The third-order valence-corrected chi connectivity index (χ3v) is 10.3. The highest BCUT2D eigenvalue weighted by atomic mass is 16.6. The van der Waals surface area contributed by atoms with E-state index in [1.807, 2.05) is 0 Å². The van der Waals surface area contributed by atoms with Crippen LogP contribution in [0, 0.1) is 0 Å². The number of carbonyl (C=O) groups is 2. The normalized spacial score (nSPS) is 23.6. The second kappa shape index (κ2) is 22.0. The Kier molecular flexibility index (Phi) is 16.9. The monoisotopic (exact) mass is 871 g/mol. The highest BCUT2D eigenvalue weighted by molar-refractivity contribution is 5.95. The summed E-state index contributed by atoms with van der Waals surface area (Å²) in [5.74, 6) is -0.406. The summed E-state index contributed by atoms with van der Waals surface area (Å²) >= 11 is 0. The van der Waals surface area contributed by atoms with Gasteiger partial charge in [0.2, 0.25) is 11.6 Å². The molecule has 0 spiro atoms. The highest BCUT2D eigenvalue weighted by Crippen LogP contribution is 2.34. The zero-order chi connectivity index (χ0) is 45.1. The van der Waals surface area contributed by atoms with Crippen molar-refractivity contribution in [1.29, 1.82) is 0 Å². The van der Waals surface area contributed by atoms with Crippen molar-refractivity contribution in [3.05, 3.63) is 61.3 Å². The molecule has 0 aromatic carbocycles. The lowest BCUT2D eigenvalue weighted by molar-refractivity contribution is -0.0511. The minimum Gasteiger partial charge on any atom is -0.394 e. The number of carbonyl (C=O) groups excluding carboxylic acids is 2. The summed E-state index contributed by atoms with van der Waals surface area (Å²) in [4.78, 5) is 53.2. The molecular formula is C39H61N13O10. The van der Waals surface area contributed by atoms with E-state index >= 15 is 0 Å². The van der Waals surface area contributed by atoms with Crippen molar-refractivity contribution in [3.63, 3.8) is 0 Å². The van der Waals surface area contributed by atoms with Crippen LogP contribution in [0.1, 0.15) is 63.2 Å². The Balaban J connectivity index is 0.000000330. The van der Waals surface area contributed by atoms with Gasteiger partial charge in [0, 0.05) is 36.6 Å². The maximum Gasteiger partial charge on any atom is 0.289 e. The number of hydrogen-bond donors (Lipinski definition) is 10. The zero-order valence-corrected chi connectivity index (χ0v) is 35.1. The van der Waals surface area contributed by atoms with E-state index in [1.165, 1.54) is 21.8 Å². The van der Waals surface area contributed by atoms with Gasteiger partial charge in [-0.15, -0.1) is 0 Å². The molecule has 0 unspecified atom stereocenters. The molecule has 0 aliphatic carbocycles. The second-order valence-corrected chi connectivity index (χ2v) is 14.3. The minimum atomic E-state index is -1.31. The van der Waals surface area contributed by atoms with Crippen molar-refractivity contribution in [1.82, 2.24) is 54.6 Å². The van der Waals surface area contributed by atoms with Crippen LogP contribution in [0.15, 0.2) is 49.6 Å². The summed E-state index contributed by atoms with van der Waals surface area (Å²) in [5, 5.41) is 70.8. The Morgan fingerprint density at radius 2 is 1.26 bits per heavy atom. The maximum atomic E-state index is 12.7. The highest BCUT2D eigenvalue weighted by Gasteiger charge is 2.45. The lowest BCUT2D eigenvalue weighted by Gasteiger charge is -2.19. The molecule has 2 aliphatic heterocycles. The fourth-order valence-corrected chi connectivity index (χ4v) is 6.93. The van der Waals surface area contributed by atoms with Gasteiger partial charge < -0.3 is 66.3 Å². The predicted octanol–water partition coefficient (Wildman–Crippen LogP) is -0.669. The second-order valence-electron chi connectivity index (χ2n) is 14.3. The molecule has 2 fully saturated rings. The first kappa shape index (κ1) is 47.5. The minimum absolute atomic E-state index is 0. The molecule has 0 radical (unpaired) electrons. The van der Waals surface area contributed by atoms with Gasteiger partial charge in [-0.25, -0.2) is 29.9 Å². The lowest BCUT2D eigenvalue weighted by atomic mass is 10.1. The molecule has 23 nitrogen and oxygen atoms in total. The standard InChI is InChI=1S/C20H26N6O5.C19H31N7O5.2H2/c1-4-6-11(5-2)7-8-22-19(30)17-24-16(21-3)13-18(25-17)26(10-23-13)20-15(29)14(28)12(9-27)31-20;1-4-7-25(5-2)8-6-21-18(30)16-23-15(20-3)12-17(24-16)26(10-22-12)19-14(29)13(28)11(9-27)31-19;;/h4-6,10,12,14-15,20,27-29H,1-2,7-9H2,3H3,(H,22,30)(H,21,24,25);10-11,13-14,19,27-29H,4-9H2,1-3H3,(H,21,30)(H,20,23,24);2*1H/b11-6+;;;/t12-,14-,15-,20-;11-,13-,14-,19-;;/m11../s1. The molecule has 4 aromatic heterocycles. The van der Waals surface area contributed by atoms with Crippen LogP contribution in [0.3, 0.4) is 0 Å². The average molecular weight is 872 g/mol. The summed E-state index contributed by atoms with van der Waals surface area (Å²) < 4.78 is 14.0.